The summed E-state index contributed by atoms with van der Waals surface area (Å²) < 4.78 is 10.8. The fourth-order valence-corrected chi connectivity index (χ4v) is 4.17. The minimum atomic E-state index is -0.319. The Morgan fingerprint density at radius 2 is 2.19 bits per heavy atom. The molecule has 26 heavy (non-hydrogen) atoms. The van der Waals surface area contributed by atoms with Gasteiger partial charge in [0.25, 0.3) is 5.71 Å². The van der Waals surface area contributed by atoms with Crippen molar-refractivity contribution in [3.05, 3.63) is 12.2 Å². The molecule has 4 rings (SSSR count). The average molecular weight is 359 g/mol. The Kier molecular flexibility index (Phi) is 4.52. The molecule has 2 saturated heterocycles. The number of carbonyl (C=O) groups is 1. The van der Waals surface area contributed by atoms with Crippen molar-refractivity contribution in [3.63, 3.8) is 0 Å². The van der Waals surface area contributed by atoms with Crippen LogP contribution in [-0.4, -0.2) is 65.7 Å². The minimum Gasteiger partial charge on any atom is -0.422 e. The fourth-order valence-electron chi connectivity index (χ4n) is 4.17. The summed E-state index contributed by atoms with van der Waals surface area (Å²) in [6.07, 6.45) is 5.04. The Morgan fingerprint density at radius 1 is 1.31 bits per heavy atom. The van der Waals surface area contributed by atoms with Crippen LogP contribution in [0.3, 0.4) is 0 Å². The predicted molar refractivity (Wildman–Crippen MR) is 95.9 cm³/mol. The number of hydrogen-bond acceptors (Lipinski definition) is 7. The van der Waals surface area contributed by atoms with Gasteiger partial charge < -0.3 is 19.0 Å². The van der Waals surface area contributed by atoms with Crippen molar-refractivity contribution in [2.24, 2.45) is 5.41 Å². The summed E-state index contributed by atoms with van der Waals surface area (Å²) in [5.74, 6) is 1.69. The molecule has 2 fully saturated rings. The van der Waals surface area contributed by atoms with Gasteiger partial charge in [-0.25, -0.2) is 9.97 Å². The minimum absolute atomic E-state index is 0.253. The first-order valence-corrected chi connectivity index (χ1v) is 9.30. The summed E-state index contributed by atoms with van der Waals surface area (Å²) >= 11 is 0. The second-order valence-corrected chi connectivity index (χ2v) is 7.15. The van der Waals surface area contributed by atoms with Gasteiger partial charge in [-0.05, 0) is 19.3 Å². The number of oxazole rings is 1. The largest absolute Gasteiger partial charge is 0.422 e. The van der Waals surface area contributed by atoms with E-state index >= 15 is 0 Å². The molecule has 0 aromatic carbocycles. The van der Waals surface area contributed by atoms with Crippen LogP contribution in [0.25, 0.3) is 11.2 Å². The molecule has 1 atom stereocenters. The third-order valence-electron chi connectivity index (χ3n) is 5.57. The zero-order valence-corrected chi connectivity index (χ0v) is 15.4. The molecule has 8 nitrogen and oxygen atoms in total. The van der Waals surface area contributed by atoms with Crippen molar-refractivity contribution in [1.82, 2.24) is 19.9 Å². The Balaban J connectivity index is 1.58. The SMILES string of the molecule is CCc1nc2c(N3CC[C@]4(CCCN(CCOC)C4=O)C3)ncnc2o1. The number of nitrogens with zero attached hydrogens (tertiary/aromatic N) is 5. The number of amides is 1. The molecule has 0 unspecified atom stereocenters. The maximum Gasteiger partial charge on any atom is 0.252 e. The van der Waals surface area contributed by atoms with Crippen LogP contribution in [0.15, 0.2) is 10.7 Å². The van der Waals surface area contributed by atoms with Crippen molar-refractivity contribution in [1.29, 1.82) is 0 Å². The molecule has 0 radical (unpaired) electrons. The molecule has 1 amide bonds. The zero-order chi connectivity index (χ0) is 18.1. The van der Waals surface area contributed by atoms with E-state index in [1.807, 2.05) is 11.8 Å². The molecule has 2 aliphatic rings. The number of carbonyl (C=O) groups excluding carboxylic acids is 1. The topological polar surface area (TPSA) is 84.6 Å². The monoisotopic (exact) mass is 359 g/mol. The van der Waals surface area contributed by atoms with Gasteiger partial charge in [-0.1, -0.05) is 6.92 Å². The predicted octanol–water partition coefficient (Wildman–Crippen LogP) is 1.65. The van der Waals surface area contributed by atoms with Crippen LogP contribution in [-0.2, 0) is 16.0 Å². The molecule has 0 saturated carbocycles. The second-order valence-electron chi connectivity index (χ2n) is 7.15. The van der Waals surface area contributed by atoms with Gasteiger partial charge in [0.1, 0.15) is 6.33 Å². The van der Waals surface area contributed by atoms with Gasteiger partial charge in [0.05, 0.1) is 12.0 Å². The summed E-state index contributed by atoms with van der Waals surface area (Å²) in [7, 11) is 1.67. The van der Waals surface area contributed by atoms with Crippen LogP contribution in [0.2, 0.25) is 0 Å². The van der Waals surface area contributed by atoms with Gasteiger partial charge >= 0.3 is 0 Å². The number of fused-ring (bicyclic) bond motifs is 1. The highest BCUT2D eigenvalue weighted by Gasteiger charge is 2.48. The Bertz CT molecular complexity index is 807. The Labute approximate surface area is 152 Å². The number of likely N-dealkylation sites (tertiary alicyclic amines) is 1. The average Bonchev–Trinajstić information content (AvgIpc) is 3.27. The molecular weight excluding hydrogens is 334 g/mol. The number of rotatable bonds is 5. The highest BCUT2D eigenvalue weighted by Crippen LogP contribution is 2.42. The number of hydrogen-bond donors (Lipinski definition) is 0. The molecule has 2 aromatic rings. The van der Waals surface area contributed by atoms with Crippen LogP contribution in [0.5, 0.6) is 0 Å². The number of aryl methyl sites for hydroxylation is 1. The molecule has 1 spiro atoms. The van der Waals surface area contributed by atoms with Crippen LogP contribution in [0.1, 0.15) is 32.1 Å². The van der Waals surface area contributed by atoms with Crippen LogP contribution < -0.4 is 4.90 Å². The fraction of sp³-hybridized carbons (Fsp3) is 0.667. The molecule has 0 aliphatic carbocycles. The molecule has 4 heterocycles. The lowest BCUT2D eigenvalue weighted by Gasteiger charge is -2.39. The van der Waals surface area contributed by atoms with E-state index in [1.165, 1.54) is 6.33 Å². The lowest BCUT2D eigenvalue weighted by atomic mass is 9.78. The third-order valence-corrected chi connectivity index (χ3v) is 5.57. The lowest BCUT2D eigenvalue weighted by molar-refractivity contribution is -0.145. The summed E-state index contributed by atoms with van der Waals surface area (Å²) in [6, 6.07) is 0. The van der Waals surface area contributed by atoms with Crippen LogP contribution in [0.4, 0.5) is 5.82 Å². The number of anilines is 1. The van der Waals surface area contributed by atoms with Crippen molar-refractivity contribution >= 4 is 23.0 Å². The van der Waals surface area contributed by atoms with Gasteiger partial charge in [0.15, 0.2) is 17.2 Å². The molecule has 8 heteroatoms. The van der Waals surface area contributed by atoms with E-state index in [2.05, 4.69) is 19.9 Å². The lowest BCUT2D eigenvalue weighted by Crippen LogP contribution is -2.51. The first kappa shape index (κ1) is 17.2. The Morgan fingerprint density at radius 3 is 3.00 bits per heavy atom. The second kappa shape index (κ2) is 6.83. The summed E-state index contributed by atoms with van der Waals surface area (Å²) in [4.78, 5) is 30.4. The number of ether oxygens (including phenoxy) is 1. The van der Waals surface area contributed by atoms with Crippen molar-refractivity contribution in [2.45, 2.75) is 32.6 Å². The van der Waals surface area contributed by atoms with E-state index in [-0.39, 0.29) is 11.3 Å². The molecule has 0 N–H and O–H groups in total. The summed E-state index contributed by atoms with van der Waals surface area (Å²) in [6.45, 7) is 5.54. The maximum absolute atomic E-state index is 13.1. The van der Waals surface area contributed by atoms with Gasteiger partial charge in [-0.2, -0.15) is 4.98 Å². The summed E-state index contributed by atoms with van der Waals surface area (Å²) in [5, 5.41) is 0. The van der Waals surface area contributed by atoms with Crippen molar-refractivity contribution < 1.29 is 13.9 Å². The maximum atomic E-state index is 13.1. The van der Waals surface area contributed by atoms with Crippen LogP contribution >= 0.6 is 0 Å². The van der Waals surface area contributed by atoms with Gasteiger partial charge in [-0.15, -0.1) is 0 Å². The quantitative estimate of drug-likeness (QED) is 0.802. The zero-order valence-electron chi connectivity index (χ0n) is 15.4. The van der Waals surface area contributed by atoms with E-state index < -0.39 is 0 Å². The smallest absolute Gasteiger partial charge is 0.252 e. The van der Waals surface area contributed by atoms with Gasteiger partial charge in [-0.3, -0.25) is 4.79 Å². The van der Waals surface area contributed by atoms with E-state index in [0.717, 1.165) is 38.2 Å². The first-order chi connectivity index (χ1) is 12.7. The van der Waals surface area contributed by atoms with E-state index in [0.29, 0.717) is 43.2 Å². The molecule has 2 aromatic heterocycles. The van der Waals surface area contributed by atoms with Gasteiger partial charge in [0, 0.05) is 39.7 Å². The first-order valence-electron chi connectivity index (χ1n) is 9.30. The highest BCUT2D eigenvalue weighted by atomic mass is 16.5. The molecule has 0 bridgehead atoms. The van der Waals surface area contributed by atoms with Crippen molar-refractivity contribution in [2.75, 3.05) is 44.8 Å². The van der Waals surface area contributed by atoms with Crippen molar-refractivity contribution in [3.8, 4) is 0 Å². The van der Waals surface area contributed by atoms with E-state index in [4.69, 9.17) is 9.15 Å². The number of methoxy groups -OCH3 is 1. The normalized spacial score (nSPS) is 23.5. The highest BCUT2D eigenvalue weighted by molar-refractivity contribution is 5.87. The molecule has 140 valence electrons. The van der Waals surface area contributed by atoms with E-state index in [1.54, 1.807) is 7.11 Å². The summed E-state index contributed by atoms with van der Waals surface area (Å²) in [5.41, 5.74) is 0.894. The van der Waals surface area contributed by atoms with Gasteiger partial charge in [0.2, 0.25) is 5.91 Å². The van der Waals surface area contributed by atoms with Crippen LogP contribution in [0, 0.1) is 5.41 Å². The number of piperidine rings is 1. The third kappa shape index (κ3) is 2.82. The Hall–Kier alpha value is -2.22. The van der Waals surface area contributed by atoms with E-state index in [9.17, 15) is 4.79 Å². The number of aromatic nitrogens is 3. The molecule has 2 aliphatic heterocycles. The standard InChI is InChI=1S/C18H25N5O3/c1-3-13-21-14-15(19-12-20-16(14)26-13)23-8-6-18(11-23)5-4-7-22(17(18)24)9-10-25-2/h12H,3-11H2,1-2H3/t18-/m1/s1. The molecular formula is C18H25N5O3.